The highest BCUT2D eigenvalue weighted by Gasteiger charge is 1.85. The molecule has 0 fully saturated rings. The summed E-state index contributed by atoms with van der Waals surface area (Å²) >= 11 is 0. The predicted molar refractivity (Wildman–Crippen MR) is 50.7 cm³/mol. The van der Waals surface area contributed by atoms with E-state index in [0.29, 0.717) is 0 Å². The van der Waals surface area contributed by atoms with Crippen molar-refractivity contribution in [3.63, 3.8) is 0 Å². The van der Waals surface area contributed by atoms with Gasteiger partial charge in [-0.15, -0.1) is 0 Å². The number of hydrogen-bond acceptors (Lipinski definition) is 2. The molecule has 0 aromatic carbocycles. The monoisotopic (exact) mass is 158 g/mol. The molecule has 2 nitrogen and oxygen atoms in total. The van der Waals surface area contributed by atoms with Crippen molar-refractivity contribution >= 4 is 0 Å². The van der Waals surface area contributed by atoms with E-state index >= 15 is 0 Å². The molecule has 0 aliphatic carbocycles. The molecule has 2 N–H and O–H groups in total. The summed E-state index contributed by atoms with van der Waals surface area (Å²) < 4.78 is 0. The van der Waals surface area contributed by atoms with Crippen LogP contribution in [0.25, 0.3) is 0 Å². The first-order valence-electron chi connectivity index (χ1n) is 4.83. The maximum atomic E-state index is 3.33. The highest BCUT2D eigenvalue weighted by Crippen LogP contribution is 1.82. The first-order chi connectivity index (χ1) is 5.41. The smallest absolute Gasteiger partial charge is 0.0454 e. The third kappa shape index (κ3) is 9.92. The molecule has 0 radical (unpaired) electrons. The minimum Gasteiger partial charge on any atom is -0.304 e. The van der Waals surface area contributed by atoms with Crippen molar-refractivity contribution in [1.82, 2.24) is 10.6 Å². The van der Waals surface area contributed by atoms with Crippen LogP contribution in [0.15, 0.2) is 0 Å². The molecule has 0 bridgehead atoms. The third-order valence-corrected chi connectivity index (χ3v) is 1.66. The number of nitrogens with one attached hydrogen (secondary N) is 2. The number of hydrogen-bond donors (Lipinski definition) is 2. The second kappa shape index (κ2) is 9.92. The van der Waals surface area contributed by atoms with E-state index < -0.39 is 0 Å². The summed E-state index contributed by atoms with van der Waals surface area (Å²) in [5, 5.41) is 6.67. The van der Waals surface area contributed by atoms with E-state index in [9.17, 15) is 0 Å². The fourth-order valence-electron chi connectivity index (χ4n) is 0.869. The Morgan fingerprint density at radius 3 is 1.64 bits per heavy atom. The highest BCUT2D eigenvalue weighted by atomic mass is 15.0. The molecule has 0 atom stereocenters. The predicted octanol–water partition coefficient (Wildman–Crippen LogP) is 1.72. The van der Waals surface area contributed by atoms with Gasteiger partial charge < -0.3 is 10.6 Å². The topological polar surface area (TPSA) is 24.1 Å². The van der Waals surface area contributed by atoms with Crippen LogP contribution in [0.4, 0.5) is 0 Å². The quantitative estimate of drug-likeness (QED) is 0.415. The second-order valence-corrected chi connectivity index (χ2v) is 2.88. The molecular weight excluding hydrogens is 136 g/mol. The Balaban J connectivity index is 2.69. The van der Waals surface area contributed by atoms with Gasteiger partial charge in [-0.2, -0.15) is 0 Å². The minimum absolute atomic E-state index is 0.972. The molecule has 0 aliphatic rings. The van der Waals surface area contributed by atoms with Gasteiger partial charge in [-0.05, 0) is 25.9 Å². The lowest BCUT2D eigenvalue weighted by atomic mass is 10.3. The maximum Gasteiger partial charge on any atom is 0.0454 e. The zero-order valence-corrected chi connectivity index (χ0v) is 7.95. The van der Waals surface area contributed by atoms with Crippen LogP contribution >= 0.6 is 0 Å². The summed E-state index contributed by atoms with van der Waals surface area (Å²) in [5.41, 5.74) is 0. The van der Waals surface area contributed by atoms with E-state index in [1.165, 1.54) is 25.7 Å². The first-order valence-corrected chi connectivity index (χ1v) is 4.83. The van der Waals surface area contributed by atoms with Crippen LogP contribution < -0.4 is 10.6 Å². The highest BCUT2D eigenvalue weighted by molar-refractivity contribution is 4.46. The molecule has 2 heteroatoms. The van der Waals surface area contributed by atoms with Gasteiger partial charge >= 0.3 is 0 Å². The van der Waals surface area contributed by atoms with Gasteiger partial charge in [0.1, 0.15) is 0 Å². The van der Waals surface area contributed by atoms with Gasteiger partial charge in [-0.1, -0.05) is 26.7 Å². The summed E-state index contributed by atoms with van der Waals surface area (Å²) in [5.74, 6) is 0. The van der Waals surface area contributed by atoms with Crippen molar-refractivity contribution in [1.29, 1.82) is 0 Å². The average Bonchev–Trinajstić information content (AvgIpc) is 2.03. The molecule has 0 rings (SSSR count). The van der Waals surface area contributed by atoms with Gasteiger partial charge in [-0.3, -0.25) is 0 Å². The first kappa shape index (κ1) is 10.9. The second-order valence-electron chi connectivity index (χ2n) is 2.88. The Labute approximate surface area is 70.8 Å². The summed E-state index contributed by atoms with van der Waals surface area (Å²) in [6, 6.07) is 0. The van der Waals surface area contributed by atoms with Crippen LogP contribution in [0.2, 0.25) is 0 Å². The molecule has 0 amide bonds. The normalized spacial score (nSPS) is 10.4. The van der Waals surface area contributed by atoms with Gasteiger partial charge in [0.15, 0.2) is 0 Å². The molecule has 0 unspecified atom stereocenters. The molecule has 0 saturated carbocycles. The van der Waals surface area contributed by atoms with Crippen LogP contribution in [0, 0.1) is 0 Å². The number of unbranched alkanes of at least 4 members (excludes halogenated alkanes) is 2. The summed E-state index contributed by atoms with van der Waals surface area (Å²) in [4.78, 5) is 0. The largest absolute Gasteiger partial charge is 0.304 e. The molecular formula is C9H22N2. The van der Waals surface area contributed by atoms with Crippen molar-refractivity contribution in [3.05, 3.63) is 0 Å². The summed E-state index contributed by atoms with van der Waals surface area (Å²) in [6.07, 6.45) is 5.13. The van der Waals surface area contributed by atoms with Crippen LogP contribution in [0.5, 0.6) is 0 Å². The Morgan fingerprint density at radius 1 is 0.818 bits per heavy atom. The zero-order chi connectivity index (χ0) is 8.36. The van der Waals surface area contributed by atoms with Crippen LogP contribution in [-0.4, -0.2) is 19.8 Å². The zero-order valence-electron chi connectivity index (χ0n) is 7.95. The molecule has 0 aromatic heterocycles. The van der Waals surface area contributed by atoms with Gasteiger partial charge in [0.25, 0.3) is 0 Å². The lowest BCUT2D eigenvalue weighted by Crippen LogP contribution is -2.30. The van der Waals surface area contributed by atoms with Gasteiger partial charge in [0, 0.05) is 6.67 Å². The Bertz CT molecular complexity index is 56.6. The van der Waals surface area contributed by atoms with E-state index in [4.69, 9.17) is 0 Å². The van der Waals surface area contributed by atoms with Gasteiger partial charge in [0.05, 0.1) is 0 Å². The van der Waals surface area contributed by atoms with Crippen molar-refractivity contribution in [3.8, 4) is 0 Å². The Morgan fingerprint density at radius 2 is 1.27 bits per heavy atom. The minimum atomic E-state index is 0.972. The third-order valence-electron chi connectivity index (χ3n) is 1.66. The average molecular weight is 158 g/mol. The fraction of sp³-hybridized carbons (Fsp3) is 1.00. The lowest BCUT2D eigenvalue weighted by molar-refractivity contribution is 0.553. The van der Waals surface area contributed by atoms with Crippen LogP contribution in [0.3, 0.4) is 0 Å². The molecule has 0 heterocycles. The molecule has 11 heavy (non-hydrogen) atoms. The van der Waals surface area contributed by atoms with E-state index in [0.717, 1.165) is 19.8 Å². The van der Waals surface area contributed by atoms with Gasteiger partial charge in [-0.25, -0.2) is 0 Å². The Kier molecular flexibility index (Phi) is 9.85. The molecule has 0 spiro atoms. The molecule has 0 saturated heterocycles. The van der Waals surface area contributed by atoms with Crippen molar-refractivity contribution in [2.24, 2.45) is 0 Å². The molecule has 0 aliphatic heterocycles. The van der Waals surface area contributed by atoms with Crippen molar-refractivity contribution in [2.75, 3.05) is 19.8 Å². The van der Waals surface area contributed by atoms with Crippen molar-refractivity contribution < 1.29 is 0 Å². The number of rotatable bonds is 8. The van der Waals surface area contributed by atoms with Crippen molar-refractivity contribution in [2.45, 2.75) is 39.5 Å². The fourth-order valence-corrected chi connectivity index (χ4v) is 0.869. The van der Waals surface area contributed by atoms with Crippen LogP contribution in [-0.2, 0) is 0 Å². The summed E-state index contributed by atoms with van der Waals surface area (Å²) in [7, 11) is 0. The lowest BCUT2D eigenvalue weighted by Gasteiger charge is -2.04. The van der Waals surface area contributed by atoms with E-state index in [1.807, 2.05) is 0 Å². The van der Waals surface area contributed by atoms with E-state index in [1.54, 1.807) is 0 Å². The Hall–Kier alpha value is -0.0800. The molecule has 0 aromatic rings. The van der Waals surface area contributed by atoms with E-state index in [-0.39, 0.29) is 0 Å². The summed E-state index contributed by atoms with van der Waals surface area (Å²) in [6.45, 7) is 7.70. The SMILES string of the molecule is CCCCNCNCCCC. The maximum absolute atomic E-state index is 3.33. The standard InChI is InChI=1S/C9H22N2/c1-3-5-7-10-9-11-8-6-4-2/h10-11H,3-9H2,1-2H3. The van der Waals surface area contributed by atoms with E-state index in [2.05, 4.69) is 24.5 Å². The van der Waals surface area contributed by atoms with Gasteiger partial charge in [0.2, 0.25) is 0 Å². The molecule has 68 valence electrons. The van der Waals surface area contributed by atoms with Crippen LogP contribution in [0.1, 0.15) is 39.5 Å².